The van der Waals surface area contributed by atoms with Crippen molar-refractivity contribution in [3.8, 4) is 28.3 Å². The summed E-state index contributed by atoms with van der Waals surface area (Å²) in [5.74, 6) is -1.98. The zero-order valence-electron chi connectivity index (χ0n) is 17.4. The van der Waals surface area contributed by atoms with Crippen LogP contribution in [0.3, 0.4) is 0 Å². The first kappa shape index (κ1) is 21.6. The predicted molar refractivity (Wildman–Crippen MR) is 110 cm³/mol. The number of rotatable bonds is 3. The van der Waals surface area contributed by atoms with Crippen LogP contribution in [0.5, 0.6) is 5.75 Å². The number of methoxy groups -OCH3 is 1. The van der Waals surface area contributed by atoms with Gasteiger partial charge in [0.05, 0.1) is 18.4 Å². The largest absolute Gasteiger partial charge is 0.494 e. The van der Waals surface area contributed by atoms with Crippen LogP contribution >= 0.6 is 0 Å². The third-order valence-corrected chi connectivity index (χ3v) is 5.21. The maximum atomic E-state index is 13.8. The lowest BCUT2D eigenvalue weighted by atomic mass is 10.0. The van der Waals surface area contributed by atoms with Crippen molar-refractivity contribution >= 4 is 16.7 Å². The van der Waals surface area contributed by atoms with Gasteiger partial charge in [-0.1, -0.05) is 6.07 Å². The minimum atomic E-state index is -4.99. The maximum Gasteiger partial charge on any atom is 0.433 e. The Bertz CT molecular complexity index is 1630. The molecule has 0 aliphatic heterocycles. The molecule has 0 amide bonds. The second-order valence-electron chi connectivity index (χ2n) is 7.38. The summed E-state index contributed by atoms with van der Waals surface area (Å²) in [4.78, 5) is 21.7. The monoisotopic (exact) mass is 476 g/mol. The quantitative estimate of drug-likeness (QED) is 0.366. The van der Waals surface area contributed by atoms with Crippen molar-refractivity contribution < 1.29 is 31.1 Å². The van der Waals surface area contributed by atoms with Gasteiger partial charge in [0.1, 0.15) is 28.6 Å². The van der Waals surface area contributed by atoms with Crippen LogP contribution in [-0.4, -0.2) is 26.7 Å². The van der Waals surface area contributed by atoms with E-state index in [-0.39, 0.29) is 22.7 Å². The van der Waals surface area contributed by atoms with Gasteiger partial charge in [-0.3, -0.25) is 9.89 Å². The molecule has 0 bridgehead atoms. The molecule has 3 aromatic heterocycles. The molecule has 0 radical (unpaired) electrons. The van der Waals surface area contributed by atoms with Crippen LogP contribution in [0.1, 0.15) is 11.4 Å². The van der Waals surface area contributed by atoms with E-state index >= 15 is 0 Å². The number of fused-ring (bicyclic) bond motifs is 2. The van der Waals surface area contributed by atoms with Gasteiger partial charge in [-0.2, -0.15) is 17.7 Å². The normalized spacial score (nSPS) is 12.1. The standard InChI is InChI=1S/C22H13F5N4O3/c1-9-15(20-29-17-13(33-2)4-3-5-14(17)34-20)21(32)31-19(28-9)16(18(30-31)22(25,26)27)10-6-11(23)8-12(24)7-10/h3-8,30H,1-2H3. The van der Waals surface area contributed by atoms with Crippen molar-refractivity contribution in [2.45, 2.75) is 13.1 Å². The third-order valence-electron chi connectivity index (χ3n) is 5.21. The Labute approximate surface area is 186 Å². The number of H-pyrrole nitrogens is 1. The molecule has 12 heteroatoms. The molecule has 0 aliphatic carbocycles. The van der Waals surface area contributed by atoms with E-state index in [9.17, 15) is 26.7 Å². The van der Waals surface area contributed by atoms with Crippen molar-refractivity contribution in [3.05, 3.63) is 69.8 Å². The smallest absolute Gasteiger partial charge is 0.433 e. The minimum absolute atomic E-state index is 0.00127. The number of halogens is 5. The van der Waals surface area contributed by atoms with Gasteiger partial charge < -0.3 is 9.15 Å². The zero-order valence-corrected chi connectivity index (χ0v) is 17.4. The van der Waals surface area contributed by atoms with Crippen LogP contribution in [0.2, 0.25) is 0 Å². The number of aryl methyl sites for hydroxylation is 1. The molecule has 3 heterocycles. The fraction of sp³-hybridized carbons (Fsp3) is 0.136. The Hall–Kier alpha value is -4.22. The summed E-state index contributed by atoms with van der Waals surface area (Å²) < 4.78 is 80.6. The predicted octanol–water partition coefficient (Wildman–Crippen LogP) is 5.11. The van der Waals surface area contributed by atoms with Gasteiger partial charge in [0.2, 0.25) is 5.89 Å². The molecule has 5 rings (SSSR count). The number of hydrogen-bond donors (Lipinski definition) is 1. The van der Waals surface area contributed by atoms with Crippen LogP contribution in [0, 0.1) is 18.6 Å². The molecule has 0 aliphatic rings. The van der Waals surface area contributed by atoms with Gasteiger partial charge in [0.25, 0.3) is 5.56 Å². The topological polar surface area (TPSA) is 85.4 Å². The van der Waals surface area contributed by atoms with Crippen molar-refractivity contribution in [2.24, 2.45) is 0 Å². The fourth-order valence-corrected chi connectivity index (χ4v) is 3.80. The Morgan fingerprint density at radius 2 is 1.76 bits per heavy atom. The van der Waals surface area contributed by atoms with E-state index in [1.54, 1.807) is 18.2 Å². The van der Waals surface area contributed by atoms with E-state index < -0.39 is 45.8 Å². The number of para-hydroxylation sites is 1. The number of alkyl halides is 3. The first-order valence-electron chi connectivity index (χ1n) is 9.71. The van der Waals surface area contributed by atoms with Crippen molar-refractivity contribution in [1.82, 2.24) is 19.6 Å². The van der Waals surface area contributed by atoms with Crippen LogP contribution in [0.15, 0.2) is 45.6 Å². The summed E-state index contributed by atoms with van der Waals surface area (Å²) in [6, 6.07) is 6.83. The first-order valence-corrected chi connectivity index (χ1v) is 9.71. The molecule has 7 nitrogen and oxygen atoms in total. The number of aromatic amines is 1. The highest BCUT2D eigenvalue weighted by atomic mass is 19.4. The molecule has 0 spiro atoms. The Kier molecular flexibility index (Phi) is 4.71. The van der Waals surface area contributed by atoms with Gasteiger partial charge in [0, 0.05) is 6.07 Å². The Morgan fingerprint density at radius 3 is 2.41 bits per heavy atom. The van der Waals surface area contributed by atoms with E-state index in [0.29, 0.717) is 21.8 Å². The summed E-state index contributed by atoms with van der Waals surface area (Å²) in [5, 5.41) is 1.98. The van der Waals surface area contributed by atoms with Gasteiger partial charge in [-0.05, 0) is 36.8 Å². The highest BCUT2D eigenvalue weighted by Crippen LogP contribution is 2.39. The molecule has 0 saturated heterocycles. The van der Waals surface area contributed by atoms with Gasteiger partial charge >= 0.3 is 6.18 Å². The number of ether oxygens (including phenoxy) is 1. The van der Waals surface area contributed by atoms with Crippen LogP contribution in [0.25, 0.3) is 39.3 Å². The summed E-state index contributed by atoms with van der Waals surface area (Å²) in [7, 11) is 1.42. The summed E-state index contributed by atoms with van der Waals surface area (Å²) in [6.07, 6.45) is -4.99. The molecular weight excluding hydrogens is 463 g/mol. The summed E-state index contributed by atoms with van der Waals surface area (Å²) in [6.45, 7) is 1.39. The molecule has 0 fully saturated rings. The van der Waals surface area contributed by atoms with Crippen molar-refractivity contribution in [1.29, 1.82) is 0 Å². The number of aromatic nitrogens is 4. The van der Waals surface area contributed by atoms with Crippen LogP contribution in [0.4, 0.5) is 22.0 Å². The molecular formula is C22H13F5N4O3. The SMILES string of the molecule is COc1cccc2oc(-c3c(C)nc4c(-c5cc(F)cc(F)c5)c(C(F)(F)F)[nH]n4c3=O)nc12. The van der Waals surface area contributed by atoms with Gasteiger partial charge in [-0.25, -0.2) is 18.7 Å². The van der Waals surface area contributed by atoms with E-state index in [1.807, 2.05) is 5.10 Å². The van der Waals surface area contributed by atoms with E-state index in [1.165, 1.54) is 14.0 Å². The number of hydrogen-bond acceptors (Lipinski definition) is 5. The maximum absolute atomic E-state index is 13.8. The summed E-state index contributed by atoms with van der Waals surface area (Å²) in [5.41, 5.74) is -3.49. The molecule has 174 valence electrons. The second-order valence-corrected chi connectivity index (χ2v) is 7.38. The lowest BCUT2D eigenvalue weighted by molar-refractivity contribution is -0.140. The highest BCUT2D eigenvalue weighted by molar-refractivity contribution is 5.84. The number of nitrogens with zero attached hydrogens (tertiary/aromatic N) is 3. The summed E-state index contributed by atoms with van der Waals surface area (Å²) >= 11 is 0. The average Bonchev–Trinajstić information content (AvgIpc) is 3.34. The minimum Gasteiger partial charge on any atom is -0.494 e. The van der Waals surface area contributed by atoms with E-state index in [0.717, 1.165) is 12.1 Å². The molecule has 34 heavy (non-hydrogen) atoms. The van der Waals surface area contributed by atoms with Gasteiger partial charge in [-0.15, -0.1) is 0 Å². The zero-order chi connectivity index (χ0) is 24.4. The Balaban J connectivity index is 1.83. The highest BCUT2D eigenvalue weighted by Gasteiger charge is 2.39. The van der Waals surface area contributed by atoms with Crippen molar-refractivity contribution in [2.75, 3.05) is 7.11 Å². The van der Waals surface area contributed by atoms with E-state index in [4.69, 9.17) is 9.15 Å². The number of benzene rings is 2. The first-order chi connectivity index (χ1) is 16.1. The molecule has 0 atom stereocenters. The lowest BCUT2D eigenvalue weighted by Gasteiger charge is -2.08. The number of oxazole rings is 1. The molecule has 0 saturated carbocycles. The number of nitrogens with one attached hydrogen (secondary N) is 1. The molecule has 1 N–H and O–H groups in total. The third kappa shape index (κ3) is 3.29. The molecule has 0 unspecified atom stereocenters. The average molecular weight is 476 g/mol. The Morgan fingerprint density at radius 1 is 1.06 bits per heavy atom. The molecule has 5 aromatic rings. The van der Waals surface area contributed by atoms with E-state index in [2.05, 4.69) is 9.97 Å². The molecule has 2 aromatic carbocycles. The lowest BCUT2D eigenvalue weighted by Crippen LogP contribution is -2.20. The van der Waals surface area contributed by atoms with Crippen LogP contribution in [-0.2, 0) is 6.18 Å². The second kappa shape index (κ2) is 7.40. The fourth-order valence-electron chi connectivity index (χ4n) is 3.80. The van der Waals surface area contributed by atoms with Crippen LogP contribution < -0.4 is 10.3 Å². The van der Waals surface area contributed by atoms with Gasteiger partial charge in [0.15, 0.2) is 16.7 Å². The van der Waals surface area contributed by atoms with Crippen molar-refractivity contribution in [3.63, 3.8) is 0 Å².